The van der Waals surface area contributed by atoms with Gasteiger partial charge in [0.1, 0.15) is 0 Å². The van der Waals surface area contributed by atoms with Gasteiger partial charge in [0.25, 0.3) is 0 Å². The van der Waals surface area contributed by atoms with Crippen molar-refractivity contribution in [1.82, 2.24) is 9.80 Å². The maximum Gasteiger partial charge on any atom is 0.222 e. The molecule has 1 aliphatic rings. The third-order valence-electron chi connectivity index (χ3n) is 5.69. The molecule has 0 aromatic rings. The van der Waals surface area contributed by atoms with E-state index in [1.807, 2.05) is 6.08 Å². The molecule has 0 aliphatic carbocycles. The fourth-order valence-corrected chi connectivity index (χ4v) is 3.97. The molecule has 26 heavy (non-hydrogen) atoms. The summed E-state index contributed by atoms with van der Waals surface area (Å²) in [6, 6.07) is 0.441. The average molecular weight is 365 g/mol. The lowest BCUT2D eigenvalue weighted by Crippen LogP contribution is -2.41. The van der Waals surface area contributed by atoms with Crippen LogP contribution in [0.2, 0.25) is 0 Å². The van der Waals surface area contributed by atoms with E-state index < -0.39 is 0 Å². The van der Waals surface area contributed by atoms with Gasteiger partial charge in [-0.15, -0.1) is 6.58 Å². The summed E-state index contributed by atoms with van der Waals surface area (Å²) >= 11 is 0. The molecule has 152 valence electrons. The second-order valence-corrected chi connectivity index (χ2v) is 8.11. The number of nitrogens with zero attached hydrogens (tertiary/aromatic N) is 2. The summed E-state index contributed by atoms with van der Waals surface area (Å²) < 4.78 is 0. The number of rotatable bonds is 14. The molecular weight excluding hydrogens is 320 g/mol. The van der Waals surface area contributed by atoms with Crippen molar-refractivity contribution in [2.75, 3.05) is 26.2 Å². The van der Waals surface area contributed by atoms with Crippen molar-refractivity contribution in [3.05, 3.63) is 12.7 Å². The predicted octanol–water partition coefficient (Wildman–Crippen LogP) is 5.80. The van der Waals surface area contributed by atoms with Gasteiger partial charge in [-0.25, -0.2) is 0 Å². The molecule has 3 heteroatoms. The number of hydrogen-bond acceptors (Lipinski definition) is 2. The van der Waals surface area contributed by atoms with Crippen molar-refractivity contribution >= 4 is 5.91 Å². The second kappa shape index (κ2) is 15.2. The molecule has 1 heterocycles. The molecule has 0 aromatic heterocycles. The van der Waals surface area contributed by atoms with Crippen LogP contribution >= 0.6 is 0 Å². The van der Waals surface area contributed by atoms with E-state index in [0.717, 1.165) is 45.4 Å². The van der Waals surface area contributed by atoms with E-state index in [9.17, 15) is 4.79 Å². The molecule has 0 aromatic carbocycles. The average Bonchev–Trinajstić information content (AvgIpc) is 2.82. The summed E-state index contributed by atoms with van der Waals surface area (Å²) in [5, 5.41) is 0. The first-order chi connectivity index (χ1) is 12.7. The second-order valence-electron chi connectivity index (χ2n) is 8.11. The highest BCUT2D eigenvalue weighted by Crippen LogP contribution is 2.14. The SMILES string of the molecule is C=CCN1CCCN(C(=O)CCCCCCCCCCCCC)CC1C. The standard InChI is InChI=1S/C23H44N2O/c1-4-6-7-8-9-10-11-12-13-14-15-17-23(26)25-20-16-19-24(18-5-2)22(3)21-25/h5,22H,2,4,6-21H2,1,3H3. The highest BCUT2D eigenvalue weighted by atomic mass is 16.2. The van der Waals surface area contributed by atoms with Gasteiger partial charge in [0.2, 0.25) is 5.91 Å². The number of unbranched alkanes of at least 4 members (excludes halogenated alkanes) is 10. The minimum absolute atomic E-state index is 0.369. The molecule has 0 radical (unpaired) electrons. The molecule has 1 aliphatic heterocycles. The molecule has 0 bridgehead atoms. The molecular formula is C23H44N2O. The highest BCUT2D eigenvalue weighted by molar-refractivity contribution is 5.76. The number of amides is 1. The smallest absolute Gasteiger partial charge is 0.222 e. The summed E-state index contributed by atoms with van der Waals surface area (Å²) in [6.45, 7) is 12.2. The molecule has 3 nitrogen and oxygen atoms in total. The van der Waals surface area contributed by atoms with Gasteiger partial charge in [0.05, 0.1) is 0 Å². The minimum atomic E-state index is 0.369. The molecule has 1 atom stereocenters. The van der Waals surface area contributed by atoms with Gasteiger partial charge >= 0.3 is 0 Å². The minimum Gasteiger partial charge on any atom is -0.341 e. The van der Waals surface area contributed by atoms with Crippen LogP contribution in [0.15, 0.2) is 12.7 Å². The fourth-order valence-electron chi connectivity index (χ4n) is 3.97. The Morgan fingerprint density at radius 1 is 0.962 bits per heavy atom. The third kappa shape index (κ3) is 10.4. The first-order valence-corrected chi connectivity index (χ1v) is 11.3. The van der Waals surface area contributed by atoms with Gasteiger partial charge in [-0.05, 0) is 19.8 Å². The third-order valence-corrected chi connectivity index (χ3v) is 5.69. The number of carbonyl (C=O) groups excluding carboxylic acids is 1. The normalized spacial score (nSPS) is 18.7. The zero-order chi connectivity index (χ0) is 19.0. The maximum absolute atomic E-state index is 12.5. The predicted molar refractivity (Wildman–Crippen MR) is 114 cm³/mol. The van der Waals surface area contributed by atoms with Crippen molar-refractivity contribution in [1.29, 1.82) is 0 Å². The first-order valence-electron chi connectivity index (χ1n) is 11.3. The molecule has 1 rings (SSSR count). The van der Waals surface area contributed by atoms with Crippen molar-refractivity contribution in [3.63, 3.8) is 0 Å². The lowest BCUT2D eigenvalue weighted by atomic mass is 10.1. The topological polar surface area (TPSA) is 23.6 Å². The first kappa shape index (κ1) is 23.2. The van der Waals surface area contributed by atoms with Crippen LogP contribution in [0.3, 0.4) is 0 Å². The fraction of sp³-hybridized carbons (Fsp3) is 0.870. The Morgan fingerprint density at radius 2 is 1.54 bits per heavy atom. The van der Waals surface area contributed by atoms with Gasteiger partial charge in [-0.1, -0.05) is 77.2 Å². The van der Waals surface area contributed by atoms with Crippen LogP contribution in [-0.4, -0.2) is 47.9 Å². The van der Waals surface area contributed by atoms with Crippen LogP contribution in [-0.2, 0) is 4.79 Å². The van der Waals surface area contributed by atoms with E-state index in [4.69, 9.17) is 0 Å². The van der Waals surface area contributed by atoms with Gasteiger partial charge in [0, 0.05) is 38.6 Å². The number of carbonyl (C=O) groups is 1. The lowest BCUT2D eigenvalue weighted by Gasteiger charge is -2.28. The van der Waals surface area contributed by atoms with Crippen LogP contribution in [0, 0.1) is 0 Å². The molecule has 1 unspecified atom stereocenters. The number of hydrogen-bond donors (Lipinski definition) is 0. The van der Waals surface area contributed by atoms with Crippen LogP contribution in [0.4, 0.5) is 0 Å². The van der Waals surface area contributed by atoms with E-state index in [2.05, 4.69) is 30.2 Å². The van der Waals surface area contributed by atoms with Crippen LogP contribution in [0.5, 0.6) is 0 Å². The van der Waals surface area contributed by atoms with Crippen molar-refractivity contribution in [2.24, 2.45) is 0 Å². The van der Waals surface area contributed by atoms with Gasteiger partial charge in [0.15, 0.2) is 0 Å². The zero-order valence-electron chi connectivity index (χ0n) is 17.7. The zero-order valence-corrected chi connectivity index (χ0v) is 17.7. The summed E-state index contributed by atoms with van der Waals surface area (Å²) in [5.74, 6) is 0.369. The van der Waals surface area contributed by atoms with Crippen molar-refractivity contribution < 1.29 is 4.79 Å². The molecule has 0 spiro atoms. The van der Waals surface area contributed by atoms with Crippen LogP contribution in [0.1, 0.15) is 97.3 Å². The summed E-state index contributed by atoms with van der Waals surface area (Å²) in [6.07, 6.45) is 18.5. The lowest BCUT2D eigenvalue weighted by molar-refractivity contribution is -0.131. The Labute approximate surface area is 163 Å². The molecule has 1 saturated heterocycles. The Hall–Kier alpha value is -0.830. The molecule has 0 N–H and O–H groups in total. The van der Waals surface area contributed by atoms with Crippen LogP contribution < -0.4 is 0 Å². The Kier molecular flexibility index (Phi) is 13.6. The van der Waals surface area contributed by atoms with E-state index in [0.29, 0.717) is 11.9 Å². The van der Waals surface area contributed by atoms with E-state index >= 15 is 0 Å². The van der Waals surface area contributed by atoms with Crippen molar-refractivity contribution in [3.8, 4) is 0 Å². The van der Waals surface area contributed by atoms with E-state index in [1.165, 1.54) is 64.2 Å². The monoisotopic (exact) mass is 364 g/mol. The summed E-state index contributed by atoms with van der Waals surface area (Å²) in [7, 11) is 0. The van der Waals surface area contributed by atoms with Gasteiger partial charge < -0.3 is 4.90 Å². The maximum atomic E-state index is 12.5. The largest absolute Gasteiger partial charge is 0.341 e. The molecule has 0 saturated carbocycles. The van der Waals surface area contributed by atoms with E-state index in [-0.39, 0.29) is 0 Å². The molecule has 1 amide bonds. The van der Waals surface area contributed by atoms with E-state index in [1.54, 1.807) is 0 Å². The van der Waals surface area contributed by atoms with Gasteiger partial charge in [-0.3, -0.25) is 9.69 Å². The quantitative estimate of drug-likeness (QED) is 0.287. The highest BCUT2D eigenvalue weighted by Gasteiger charge is 2.23. The van der Waals surface area contributed by atoms with Crippen LogP contribution in [0.25, 0.3) is 0 Å². The summed E-state index contributed by atoms with van der Waals surface area (Å²) in [4.78, 5) is 17.0. The Balaban J connectivity index is 2.03. The van der Waals surface area contributed by atoms with Gasteiger partial charge in [-0.2, -0.15) is 0 Å². The van der Waals surface area contributed by atoms with Crippen molar-refractivity contribution in [2.45, 2.75) is 103 Å². The Morgan fingerprint density at radius 3 is 2.12 bits per heavy atom. The molecule has 1 fully saturated rings. The summed E-state index contributed by atoms with van der Waals surface area (Å²) in [5.41, 5.74) is 0. The Bertz CT molecular complexity index is 369.